The zero-order chi connectivity index (χ0) is 21.5. The van der Waals surface area contributed by atoms with Gasteiger partial charge in [-0.05, 0) is 130 Å². The summed E-state index contributed by atoms with van der Waals surface area (Å²) >= 11 is 0. The lowest BCUT2D eigenvalue weighted by Crippen LogP contribution is -2.55. The number of unbranched alkanes of at least 4 members (excludes halogenated alkanes) is 1. The van der Waals surface area contributed by atoms with Crippen molar-refractivity contribution in [1.29, 1.82) is 0 Å². The van der Waals surface area contributed by atoms with Crippen molar-refractivity contribution in [3.63, 3.8) is 0 Å². The molecule has 0 heterocycles. The van der Waals surface area contributed by atoms with Crippen LogP contribution in [0.1, 0.15) is 105 Å². The number of aliphatic hydroxyl groups is 2. The number of rotatable bonds is 5. The number of hydrogen-bond acceptors (Lipinski definition) is 2. The summed E-state index contributed by atoms with van der Waals surface area (Å²) in [5, 5.41) is 20.4. The van der Waals surface area contributed by atoms with Gasteiger partial charge in [0.2, 0.25) is 0 Å². The van der Waals surface area contributed by atoms with Crippen molar-refractivity contribution in [3.05, 3.63) is 0 Å². The van der Waals surface area contributed by atoms with Crippen LogP contribution in [0.5, 0.6) is 0 Å². The Balaban J connectivity index is 1.32. The molecular formula is C28H48O2. The smallest absolute Gasteiger partial charge is 0.0591 e. The standard InChI is InChI=1S/C28H48O2/c1-17-23-22(8-6-7-13-26(2,3)30)28(5)15-12-21-20(25(28)24(17)23)10-9-18-16-19(29)11-14-27(18,21)4/h17-25,29-30H,6-16H2,1-5H3. The summed E-state index contributed by atoms with van der Waals surface area (Å²) in [4.78, 5) is 0. The van der Waals surface area contributed by atoms with Crippen molar-refractivity contribution in [2.75, 3.05) is 0 Å². The quantitative estimate of drug-likeness (QED) is 0.506. The second-order valence-corrected chi connectivity index (χ2v) is 13.7. The van der Waals surface area contributed by atoms with Crippen molar-refractivity contribution < 1.29 is 10.2 Å². The Hall–Kier alpha value is -0.0800. The van der Waals surface area contributed by atoms with E-state index in [-0.39, 0.29) is 6.10 Å². The fourth-order valence-electron chi connectivity index (χ4n) is 10.3. The van der Waals surface area contributed by atoms with Crippen LogP contribution in [0.2, 0.25) is 0 Å². The Labute approximate surface area is 185 Å². The summed E-state index contributed by atoms with van der Waals surface area (Å²) in [6, 6.07) is 0. The Kier molecular flexibility index (Phi) is 5.23. The third-order valence-electron chi connectivity index (χ3n) is 11.7. The Morgan fingerprint density at radius 1 is 0.933 bits per heavy atom. The van der Waals surface area contributed by atoms with Crippen molar-refractivity contribution in [3.8, 4) is 0 Å². The zero-order valence-corrected chi connectivity index (χ0v) is 20.4. The minimum atomic E-state index is -0.503. The first kappa shape index (κ1) is 21.7. The maximum atomic E-state index is 10.3. The summed E-state index contributed by atoms with van der Waals surface area (Å²) in [5.74, 6) is 7.53. The van der Waals surface area contributed by atoms with Crippen LogP contribution in [0, 0.1) is 58.2 Å². The highest BCUT2D eigenvalue weighted by molar-refractivity contribution is 5.20. The number of aliphatic hydroxyl groups excluding tert-OH is 1. The third-order valence-corrected chi connectivity index (χ3v) is 11.7. The van der Waals surface area contributed by atoms with E-state index in [0.717, 1.165) is 66.6 Å². The van der Waals surface area contributed by atoms with Gasteiger partial charge < -0.3 is 10.2 Å². The second-order valence-electron chi connectivity index (χ2n) is 13.7. The molecule has 5 fully saturated rings. The van der Waals surface area contributed by atoms with E-state index < -0.39 is 5.60 Å². The summed E-state index contributed by atoms with van der Waals surface area (Å²) in [6.07, 6.45) is 13.9. The van der Waals surface area contributed by atoms with Gasteiger partial charge in [0, 0.05) is 0 Å². The fraction of sp³-hybridized carbons (Fsp3) is 1.00. The molecule has 2 N–H and O–H groups in total. The third kappa shape index (κ3) is 3.25. The number of hydrogen-bond donors (Lipinski definition) is 2. The Morgan fingerprint density at radius 3 is 2.40 bits per heavy atom. The highest BCUT2D eigenvalue weighted by Gasteiger charge is 2.72. The predicted octanol–water partition coefficient (Wildman–Crippen LogP) is 6.44. The molecule has 5 saturated carbocycles. The SMILES string of the molecule is CC1C2C1C1C3CCC4CC(O)CCC4(C)C3CCC1(C)C2CCCCC(C)(C)O. The van der Waals surface area contributed by atoms with Gasteiger partial charge in [-0.2, -0.15) is 0 Å². The molecule has 0 bridgehead atoms. The molecule has 172 valence electrons. The first-order chi connectivity index (χ1) is 14.1. The summed E-state index contributed by atoms with van der Waals surface area (Å²) < 4.78 is 0. The van der Waals surface area contributed by atoms with Crippen LogP contribution in [0.15, 0.2) is 0 Å². The van der Waals surface area contributed by atoms with Gasteiger partial charge in [-0.25, -0.2) is 0 Å². The molecule has 5 rings (SSSR count). The molecule has 11 atom stereocenters. The van der Waals surface area contributed by atoms with E-state index in [0.29, 0.717) is 10.8 Å². The lowest BCUT2D eigenvalue weighted by atomic mass is 9.43. The molecule has 2 heteroatoms. The second kappa shape index (κ2) is 7.21. The lowest BCUT2D eigenvalue weighted by molar-refractivity contribution is -0.136. The summed E-state index contributed by atoms with van der Waals surface area (Å²) in [6.45, 7) is 11.8. The number of fused-ring (bicyclic) bond motifs is 7. The molecule has 11 unspecified atom stereocenters. The van der Waals surface area contributed by atoms with Crippen molar-refractivity contribution >= 4 is 0 Å². The largest absolute Gasteiger partial charge is 0.393 e. The van der Waals surface area contributed by atoms with E-state index in [4.69, 9.17) is 0 Å². The minimum absolute atomic E-state index is 0.0268. The van der Waals surface area contributed by atoms with Gasteiger partial charge in [-0.3, -0.25) is 0 Å². The molecule has 0 aromatic carbocycles. The van der Waals surface area contributed by atoms with Crippen LogP contribution >= 0.6 is 0 Å². The van der Waals surface area contributed by atoms with E-state index in [1.807, 2.05) is 13.8 Å². The normalized spacial score (nSPS) is 54.7. The highest BCUT2D eigenvalue weighted by Crippen LogP contribution is 2.78. The first-order valence-electron chi connectivity index (χ1n) is 13.5. The average Bonchev–Trinajstić information content (AvgIpc) is 3.20. The molecule has 5 aliphatic rings. The topological polar surface area (TPSA) is 40.5 Å². The molecular weight excluding hydrogens is 368 g/mol. The van der Waals surface area contributed by atoms with Crippen LogP contribution in [-0.4, -0.2) is 21.9 Å². The Bertz CT molecular complexity index is 652. The van der Waals surface area contributed by atoms with Crippen molar-refractivity contribution in [2.45, 2.75) is 117 Å². The molecule has 0 radical (unpaired) electrons. The van der Waals surface area contributed by atoms with E-state index in [1.54, 1.807) is 0 Å². The fourth-order valence-corrected chi connectivity index (χ4v) is 10.3. The minimum Gasteiger partial charge on any atom is -0.393 e. The van der Waals surface area contributed by atoms with Gasteiger partial charge in [0.1, 0.15) is 0 Å². The molecule has 0 spiro atoms. The van der Waals surface area contributed by atoms with Gasteiger partial charge >= 0.3 is 0 Å². The lowest BCUT2D eigenvalue weighted by Gasteiger charge is -2.62. The van der Waals surface area contributed by atoms with Gasteiger partial charge in [0.15, 0.2) is 0 Å². The van der Waals surface area contributed by atoms with Gasteiger partial charge in [0.25, 0.3) is 0 Å². The molecule has 0 aliphatic heterocycles. The monoisotopic (exact) mass is 416 g/mol. The van der Waals surface area contributed by atoms with Crippen LogP contribution < -0.4 is 0 Å². The Morgan fingerprint density at radius 2 is 1.67 bits per heavy atom. The highest BCUT2D eigenvalue weighted by atomic mass is 16.3. The van der Waals surface area contributed by atoms with Crippen molar-refractivity contribution in [2.24, 2.45) is 58.2 Å². The average molecular weight is 417 g/mol. The van der Waals surface area contributed by atoms with Gasteiger partial charge in [-0.15, -0.1) is 0 Å². The van der Waals surface area contributed by atoms with E-state index in [1.165, 1.54) is 51.4 Å². The van der Waals surface area contributed by atoms with Gasteiger partial charge in [0.05, 0.1) is 11.7 Å². The van der Waals surface area contributed by atoms with Crippen LogP contribution in [0.4, 0.5) is 0 Å². The maximum absolute atomic E-state index is 10.3. The zero-order valence-electron chi connectivity index (χ0n) is 20.4. The maximum Gasteiger partial charge on any atom is 0.0591 e. The van der Waals surface area contributed by atoms with Crippen LogP contribution in [0.25, 0.3) is 0 Å². The molecule has 0 amide bonds. The summed E-state index contributed by atoms with van der Waals surface area (Å²) in [5.41, 5.74) is 0.578. The van der Waals surface area contributed by atoms with E-state index in [9.17, 15) is 10.2 Å². The molecule has 2 nitrogen and oxygen atoms in total. The molecule has 0 saturated heterocycles. The predicted molar refractivity (Wildman–Crippen MR) is 123 cm³/mol. The summed E-state index contributed by atoms with van der Waals surface area (Å²) in [7, 11) is 0. The van der Waals surface area contributed by atoms with E-state index >= 15 is 0 Å². The molecule has 0 aromatic heterocycles. The molecule has 30 heavy (non-hydrogen) atoms. The first-order valence-corrected chi connectivity index (χ1v) is 13.5. The van der Waals surface area contributed by atoms with Gasteiger partial charge in [-0.1, -0.05) is 33.6 Å². The van der Waals surface area contributed by atoms with Crippen LogP contribution in [0.3, 0.4) is 0 Å². The van der Waals surface area contributed by atoms with E-state index in [2.05, 4.69) is 20.8 Å². The van der Waals surface area contributed by atoms with Crippen LogP contribution in [-0.2, 0) is 0 Å². The molecule has 5 aliphatic carbocycles. The molecule has 0 aromatic rings. The van der Waals surface area contributed by atoms with Crippen molar-refractivity contribution in [1.82, 2.24) is 0 Å².